The summed E-state index contributed by atoms with van der Waals surface area (Å²) in [5.41, 5.74) is 2.88. The Hall–Kier alpha value is -3.88. The molecule has 2 amide bonds. The number of rotatable bonds is 6. The van der Waals surface area contributed by atoms with E-state index in [1.54, 1.807) is 24.3 Å². The van der Waals surface area contributed by atoms with Gasteiger partial charge in [0.15, 0.2) is 11.5 Å². The van der Waals surface area contributed by atoms with Crippen LogP contribution in [0.2, 0.25) is 0 Å². The second-order valence-corrected chi connectivity index (χ2v) is 5.78. The lowest BCUT2D eigenvalue weighted by Crippen LogP contribution is -2.46. The number of hydrazone groups is 1. The Labute approximate surface area is 160 Å². The van der Waals surface area contributed by atoms with Crippen molar-refractivity contribution in [1.82, 2.24) is 10.7 Å². The molecule has 0 spiro atoms. The van der Waals surface area contributed by atoms with E-state index < -0.39 is 23.9 Å². The molecule has 1 aliphatic heterocycles. The van der Waals surface area contributed by atoms with E-state index in [1.165, 1.54) is 30.5 Å². The number of nitrogens with one attached hydrogen (secondary N) is 2. The molecule has 0 aliphatic carbocycles. The molecule has 0 fully saturated rings. The lowest BCUT2D eigenvalue weighted by Gasteiger charge is -2.25. The Bertz CT molecular complexity index is 910. The fourth-order valence-corrected chi connectivity index (χ4v) is 2.35. The summed E-state index contributed by atoms with van der Waals surface area (Å²) in [7, 11) is 0. The SMILES string of the molecule is O=C(CNC(=O)[C@H]1COc2ccccc2O1)N/N=C\c1ccc(C(=O)[O-])cc1. The minimum absolute atomic E-state index is 0.0421. The predicted octanol–water partition coefficient (Wildman–Crippen LogP) is -0.544. The third kappa shape index (κ3) is 4.85. The second-order valence-electron chi connectivity index (χ2n) is 5.78. The molecule has 1 aliphatic rings. The summed E-state index contributed by atoms with van der Waals surface area (Å²) in [4.78, 5) is 34.5. The molecule has 144 valence electrons. The average Bonchev–Trinajstić information content (AvgIpc) is 2.72. The molecule has 1 heterocycles. The third-order valence-electron chi connectivity index (χ3n) is 3.77. The maximum atomic E-state index is 12.1. The van der Waals surface area contributed by atoms with E-state index in [9.17, 15) is 19.5 Å². The van der Waals surface area contributed by atoms with Crippen LogP contribution in [0.15, 0.2) is 53.6 Å². The first kappa shape index (κ1) is 18.9. The zero-order valence-electron chi connectivity index (χ0n) is 14.6. The summed E-state index contributed by atoms with van der Waals surface area (Å²) in [6.07, 6.45) is 0.488. The van der Waals surface area contributed by atoms with Gasteiger partial charge in [-0.3, -0.25) is 9.59 Å². The van der Waals surface area contributed by atoms with E-state index >= 15 is 0 Å². The number of aromatic carboxylic acids is 1. The van der Waals surface area contributed by atoms with Crippen LogP contribution in [0.5, 0.6) is 11.5 Å². The number of benzene rings is 2. The largest absolute Gasteiger partial charge is 0.545 e. The van der Waals surface area contributed by atoms with Gasteiger partial charge in [-0.1, -0.05) is 36.4 Å². The van der Waals surface area contributed by atoms with Crippen molar-refractivity contribution in [2.75, 3.05) is 13.2 Å². The van der Waals surface area contributed by atoms with Gasteiger partial charge in [-0.2, -0.15) is 5.10 Å². The smallest absolute Gasteiger partial charge is 0.265 e. The highest BCUT2D eigenvalue weighted by atomic mass is 16.6. The molecule has 0 saturated heterocycles. The van der Waals surface area contributed by atoms with Crippen LogP contribution in [0.3, 0.4) is 0 Å². The topological polar surface area (TPSA) is 129 Å². The fraction of sp³-hybridized carbons (Fsp3) is 0.158. The maximum Gasteiger partial charge on any atom is 0.265 e. The lowest BCUT2D eigenvalue weighted by molar-refractivity contribution is -0.255. The first-order valence-corrected chi connectivity index (χ1v) is 8.32. The van der Waals surface area contributed by atoms with Gasteiger partial charge in [0.1, 0.15) is 6.61 Å². The standard InChI is InChI=1S/C19H17N3O6/c23-17(22-21-9-12-5-7-13(8-6-12)19(25)26)10-20-18(24)16-11-27-14-3-1-2-4-15(14)28-16/h1-9,16H,10-11H2,(H,20,24)(H,22,23)(H,25,26)/p-1/b21-9-/t16-/m1/s1. The Morgan fingerprint density at radius 3 is 2.54 bits per heavy atom. The van der Waals surface area contributed by atoms with E-state index in [-0.39, 0.29) is 18.7 Å². The molecule has 0 aromatic heterocycles. The quantitative estimate of drug-likeness (QED) is 0.510. The third-order valence-corrected chi connectivity index (χ3v) is 3.77. The van der Waals surface area contributed by atoms with Gasteiger partial charge in [0.25, 0.3) is 11.8 Å². The van der Waals surface area contributed by atoms with Gasteiger partial charge in [-0.25, -0.2) is 5.43 Å². The number of amides is 2. The number of ether oxygens (including phenoxy) is 2. The van der Waals surface area contributed by atoms with Crippen LogP contribution < -0.4 is 25.3 Å². The Morgan fingerprint density at radius 1 is 1.11 bits per heavy atom. The molecule has 0 saturated carbocycles. The van der Waals surface area contributed by atoms with E-state index in [0.717, 1.165) is 0 Å². The van der Waals surface area contributed by atoms with Crippen molar-refractivity contribution in [3.8, 4) is 11.5 Å². The van der Waals surface area contributed by atoms with Crippen molar-refractivity contribution >= 4 is 24.0 Å². The van der Waals surface area contributed by atoms with Gasteiger partial charge in [-0.15, -0.1) is 0 Å². The molecule has 1 atom stereocenters. The molecule has 3 rings (SSSR count). The number of para-hydroxylation sites is 2. The minimum Gasteiger partial charge on any atom is -0.545 e. The summed E-state index contributed by atoms with van der Waals surface area (Å²) < 4.78 is 11.0. The van der Waals surface area contributed by atoms with Crippen molar-refractivity contribution in [2.24, 2.45) is 5.10 Å². The van der Waals surface area contributed by atoms with E-state index in [4.69, 9.17) is 9.47 Å². The highest BCUT2D eigenvalue weighted by molar-refractivity contribution is 5.89. The van der Waals surface area contributed by atoms with Gasteiger partial charge in [0, 0.05) is 0 Å². The molecule has 0 bridgehead atoms. The van der Waals surface area contributed by atoms with Crippen LogP contribution >= 0.6 is 0 Å². The highest BCUT2D eigenvalue weighted by Crippen LogP contribution is 2.30. The number of nitrogens with zero attached hydrogens (tertiary/aromatic N) is 1. The molecule has 9 heteroatoms. The van der Waals surface area contributed by atoms with Crippen LogP contribution in [0, 0.1) is 0 Å². The summed E-state index contributed by atoms with van der Waals surface area (Å²) in [6.45, 7) is -0.244. The number of carboxylic acids is 1. The van der Waals surface area contributed by atoms with Gasteiger partial charge < -0.3 is 24.7 Å². The first-order chi connectivity index (χ1) is 13.5. The van der Waals surface area contributed by atoms with Crippen LogP contribution in [0.25, 0.3) is 0 Å². The Balaban J connectivity index is 1.43. The molecule has 0 unspecified atom stereocenters. The molecule has 2 aromatic rings. The van der Waals surface area contributed by atoms with Crippen LogP contribution in [0.4, 0.5) is 0 Å². The normalized spacial score (nSPS) is 15.1. The zero-order chi connectivity index (χ0) is 19.9. The van der Waals surface area contributed by atoms with E-state index in [0.29, 0.717) is 17.1 Å². The van der Waals surface area contributed by atoms with Crippen LogP contribution in [-0.4, -0.2) is 43.3 Å². The van der Waals surface area contributed by atoms with Gasteiger partial charge in [0.2, 0.25) is 6.10 Å². The number of hydrogen-bond donors (Lipinski definition) is 2. The van der Waals surface area contributed by atoms with Crippen molar-refractivity contribution in [3.63, 3.8) is 0 Å². The van der Waals surface area contributed by atoms with Gasteiger partial charge >= 0.3 is 0 Å². The predicted molar refractivity (Wildman–Crippen MR) is 95.9 cm³/mol. The first-order valence-electron chi connectivity index (χ1n) is 8.32. The number of fused-ring (bicyclic) bond motifs is 1. The second kappa shape index (κ2) is 8.67. The molecular formula is C19H16N3O6-. The Morgan fingerprint density at radius 2 is 1.82 bits per heavy atom. The van der Waals surface area contributed by atoms with E-state index in [2.05, 4.69) is 15.8 Å². The average molecular weight is 382 g/mol. The lowest BCUT2D eigenvalue weighted by atomic mass is 10.1. The minimum atomic E-state index is -1.27. The van der Waals surface area contributed by atoms with Crippen molar-refractivity contribution in [3.05, 3.63) is 59.7 Å². The van der Waals surface area contributed by atoms with Crippen molar-refractivity contribution in [1.29, 1.82) is 0 Å². The van der Waals surface area contributed by atoms with E-state index in [1.807, 2.05) is 0 Å². The monoisotopic (exact) mass is 382 g/mol. The number of carbonyl (C=O) groups excluding carboxylic acids is 3. The Kier molecular flexibility index (Phi) is 5.85. The summed E-state index contributed by atoms with van der Waals surface area (Å²) >= 11 is 0. The van der Waals surface area contributed by atoms with Gasteiger partial charge in [0.05, 0.1) is 18.7 Å². The van der Waals surface area contributed by atoms with Crippen molar-refractivity contribution in [2.45, 2.75) is 6.10 Å². The summed E-state index contributed by atoms with van der Waals surface area (Å²) in [5.74, 6) is -1.26. The summed E-state index contributed by atoms with van der Waals surface area (Å²) in [6, 6.07) is 12.7. The number of carboxylic acid groups (broad SMARTS) is 1. The maximum absolute atomic E-state index is 12.1. The summed E-state index contributed by atoms with van der Waals surface area (Å²) in [5, 5.41) is 16.9. The van der Waals surface area contributed by atoms with Crippen LogP contribution in [-0.2, 0) is 9.59 Å². The number of carbonyl (C=O) groups is 3. The zero-order valence-corrected chi connectivity index (χ0v) is 14.6. The molecule has 2 N–H and O–H groups in total. The molecule has 9 nitrogen and oxygen atoms in total. The molecule has 0 radical (unpaired) electrons. The number of hydrogen-bond acceptors (Lipinski definition) is 7. The van der Waals surface area contributed by atoms with Gasteiger partial charge in [-0.05, 0) is 23.3 Å². The van der Waals surface area contributed by atoms with Crippen LogP contribution in [0.1, 0.15) is 15.9 Å². The molecular weight excluding hydrogens is 366 g/mol. The van der Waals surface area contributed by atoms with Crippen molar-refractivity contribution < 1.29 is 29.0 Å². The molecule has 28 heavy (non-hydrogen) atoms. The highest BCUT2D eigenvalue weighted by Gasteiger charge is 2.27. The molecule has 2 aromatic carbocycles. The fourth-order valence-electron chi connectivity index (χ4n) is 2.35.